The van der Waals surface area contributed by atoms with Gasteiger partial charge in [0.1, 0.15) is 0 Å². The molecule has 0 aliphatic carbocycles. The minimum Gasteiger partial charge on any atom is -0.381 e. The average Bonchev–Trinajstić information content (AvgIpc) is 1.98. The first-order chi connectivity index (χ1) is 5.83. The molecule has 1 saturated heterocycles. The van der Waals surface area contributed by atoms with Crippen LogP contribution < -0.4 is 5.32 Å². The monoisotopic (exact) mass is 171 g/mol. The van der Waals surface area contributed by atoms with E-state index in [4.69, 9.17) is 4.74 Å². The van der Waals surface area contributed by atoms with Crippen molar-refractivity contribution >= 4 is 5.91 Å². The Bertz CT molecular complexity index is 143. The molecule has 0 aromatic rings. The van der Waals surface area contributed by atoms with Crippen LogP contribution in [-0.2, 0) is 9.53 Å². The van der Waals surface area contributed by atoms with E-state index in [0.29, 0.717) is 12.3 Å². The number of nitrogens with one attached hydrogen (secondary N) is 1. The zero-order valence-electron chi connectivity index (χ0n) is 7.64. The Morgan fingerprint density at radius 3 is 2.83 bits per heavy atom. The minimum atomic E-state index is 0.178. The van der Waals surface area contributed by atoms with Crippen LogP contribution in [0.4, 0.5) is 0 Å². The highest BCUT2D eigenvalue weighted by Gasteiger charge is 2.20. The van der Waals surface area contributed by atoms with Gasteiger partial charge in [0, 0.05) is 18.9 Å². The second-order valence-corrected chi connectivity index (χ2v) is 3.31. The van der Waals surface area contributed by atoms with Crippen LogP contribution in [0, 0.1) is 5.92 Å². The first kappa shape index (κ1) is 9.52. The summed E-state index contributed by atoms with van der Waals surface area (Å²) in [4.78, 5) is 11.2. The molecule has 70 valence electrons. The molecule has 0 bridgehead atoms. The van der Waals surface area contributed by atoms with E-state index in [1.165, 1.54) is 0 Å². The summed E-state index contributed by atoms with van der Waals surface area (Å²) in [6.45, 7) is 4.47. The largest absolute Gasteiger partial charge is 0.381 e. The highest BCUT2D eigenvalue weighted by molar-refractivity contribution is 5.76. The molecule has 0 saturated carbocycles. The molecule has 0 atom stereocenters. The molecule has 1 N–H and O–H groups in total. The molecule has 1 aliphatic heterocycles. The van der Waals surface area contributed by atoms with Crippen LogP contribution in [0.1, 0.15) is 26.2 Å². The zero-order valence-corrected chi connectivity index (χ0v) is 7.64. The van der Waals surface area contributed by atoms with E-state index >= 15 is 0 Å². The van der Waals surface area contributed by atoms with Crippen LogP contribution >= 0.6 is 0 Å². The van der Waals surface area contributed by atoms with E-state index in [1.807, 2.05) is 0 Å². The van der Waals surface area contributed by atoms with E-state index in [9.17, 15) is 4.79 Å². The van der Waals surface area contributed by atoms with Gasteiger partial charge in [-0.05, 0) is 6.42 Å². The van der Waals surface area contributed by atoms with Crippen LogP contribution in [-0.4, -0.2) is 25.7 Å². The molecule has 12 heavy (non-hydrogen) atoms. The molecule has 1 aliphatic rings. The molecule has 1 heterocycles. The van der Waals surface area contributed by atoms with Gasteiger partial charge < -0.3 is 10.1 Å². The number of rotatable bonds is 5. The number of ether oxygens (including phenoxy) is 1. The fourth-order valence-electron chi connectivity index (χ4n) is 1.14. The van der Waals surface area contributed by atoms with Gasteiger partial charge in [-0.3, -0.25) is 4.79 Å². The van der Waals surface area contributed by atoms with Crippen LogP contribution in [0.15, 0.2) is 0 Å². The van der Waals surface area contributed by atoms with Gasteiger partial charge in [0.25, 0.3) is 0 Å². The van der Waals surface area contributed by atoms with Crippen molar-refractivity contribution in [1.29, 1.82) is 0 Å². The molecule has 1 amide bonds. The van der Waals surface area contributed by atoms with Gasteiger partial charge in [-0.1, -0.05) is 13.3 Å². The molecule has 0 radical (unpaired) electrons. The van der Waals surface area contributed by atoms with Crippen molar-refractivity contribution in [3.8, 4) is 0 Å². The third kappa shape index (κ3) is 3.22. The summed E-state index contributed by atoms with van der Waals surface area (Å²) >= 11 is 0. The van der Waals surface area contributed by atoms with Gasteiger partial charge in [-0.2, -0.15) is 0 Å². The lowest BCUT2D eigenvalue weighted by atomic mass is 10.0. The molecule has 3 heteroatoms. The number of carbonyl (C=O) groups excluding carboxylic acids is 1. The molecule has 0 unspecified atom stereocenters. The summed E-state index contributed by atoms with van der Waals surface area (Å²) in [5, 5.41) is 2.89. The predicted molar refractivity (Wildman–Crippen MR) is 46.8 cm³/mol. The van der Waals surface area contributed by atoms with Crippen molar-refractivity contribution in [2.45, 2.75) is 26.2 Å². The van der Waals surface area contributed by atoms with Crippen LogP contribution in [0.25, 0.3) is 0 Å². The molecule has 0 aromatic heterocycles. The highest BCUT2D eigenvalue weighted by atomic mass is 16.5. The smallest absolute Gasteiger partial charge is 0.220 e. The first-order valence-corrected chi connectivity index (χ1v) is 4.67. The SMILES string of the molecule is CCCCNC(=O)CC1COC1. The normalized spacial score (nSPS) is 17.1. The van der Waals surface area contributed by atoms with E-state index in [0.717, 1.165) is 32.6 Å². The Morgan fingerprint density at radius 1 is 1.58 bits per heavy atom. The Morgan fingerprint density at radius 2 is 2.33 bits per heavy atom. The maximum absolute atomic E-state index is 11.2. The summed E-state index contributed by atoms with van der Waals surface area (Å²) in [7, 11) is 0. The van der Waals surface area contributed by atoms with Crippen molar-refractivity contribution in [2.24, 2.45) is 5.92 Å². The molecule has 1 fully saturated rings. The fraction of sp³-hybridized carbons (Fsp3) is 0.889. The zero-order chi connectivity index (χ0) is 8.81. The summed E-state index contributed by atoms with van der Waals surface area (Å²) in [5.74, 6) is 0.656. The molecule has 1 rings (SSSR count). The molecule has 3 nitrogen and oxygen atoms in total. The third-order valence-electron chi connectivity index (χ3n) is 2.03. The highest BCUT2D eigenvalue weighted by Crippen LogP contribution is 2.13. The van der Waals surface area contributed by atoms with Crippen LogP contribution in [0.2, 0.25) is 0 Å². The van der Waals surface area contributed by atoms with Crippen LogP contribution in [0.5, 0.6) is 0 Å². The summed E-state index contributed by atoms with van der Waals surface area (Å²) in [5.41, 5.74) is 0. The molecule has 0 aromatic carbocycles. The first-order valence-electron chi connectivity index (χ1n) is 4.67. The number of hydrogen-bond acceptors (Lipinski definition) is 2. The standard InChI is InChI=1S/C9H17NO2/c1-2-3-4-10-9(11)5-8-6-12-7-8/h8H,2-7H2,1H3,(H,10,11). The van der Waals surface area contributed by atoms with Gasteiger partial charge >= 0.3 is 0 Å². The topological polar surface area (TPSA) is 38.3 Å². The Kier molecular flexibility index (Phi) is 4.08. The number of unbranched alkanes of at least 4 members (excludes halogenated alkanes) is 1. The minimum absolute atomic E-state index is 0.178. The predicted octanol–water partition coefficient (Wildman–Crippen LogP) is 0.939. The summed E-state index contributed by atoms with van der Waals surface area (Å²) in [6.07, 6.45) is 2.85. The Hall–Kier alpha value is -0.570. The molecular formula is C9H17NO2. The van der Waals surface area contributed by atoms with Crippen molar-refractivity contribution in [2.75, 3.05) is 19.8 Å². The second kappa shape index (κ2) is 5.14. The average molecular weight is 171 g/mol. The van der Waals surface area contributed by atoms with Gasteiger partial charge in [-0.15, -0.1) is 0 Å². The molecular weight excluding hydrogens is 154 g/mol. The van der Waals surface area contributed by atoms with Crippen molar-refractivity contribution < 1.29 is 9.53 Å². The van der Waals surface area contributed by atoms with Gasteiger partial charge in [0.05, 0.1) is 13.2 Å². The number of carbonyl (C=O) groups is 1. The Labute approximate surface area is 73.5 Å². The van der Waals surface area contributed by atoms with Crippen molar-refractivity contribution in [3.05, 3.63) is 0 Å². The fourth-order valence-corrected chi connectivity index (χ4v) is 1.14. The lowest BCUT2D eigenvalue weighted by Gasteiger charge is -2.25. The van der Waals surface area contributed by atoms with Gasteiger partial charge in [-0.25, -0.2) is 0 Å². The van der Waals surface area contributed by atoms with Gasteiger partial charge in [0.2, 0.25) is 5.91 Å². The van der Waals surface area contributed by atoms with E-state index in [-0.39, 0.29) is 5.91 Å². The summed E-state index contributed by atoms with van der Waals surface area (Å²) < 4.78 is 4.98. The van der Waals surface area contributed by atoms with E-state index in [2.05, 4.69) is 12.2 Å². The number of amides is 1. The molecule has 0 spiro atoms. The Balaban J connectivity index is 1.95. The third-order valence-corrected chi connectivity index (χ3v) is 2.03. The lowest BCUT2D eigenvalue weighted by Crippen LogP contribution is -2.34. The van der Waals surface area contributed by atoms with Gasteiger partial charge in [0.15, 0.2) is 0 Å². The maximum Gasteiger partial charge on any atom is 0.220 e. The van der Waals surface area contributed by atoms with Crippen molar-refractivity contribution in [3.63, 3.8) is 0 Å². The van der Waals surface area contributed by atoms with E-state index in [1.54, 1.807) is 0 Å². The van der Waals surface area contributed by atoms with Crippen LogP contribution in [0.3, 0.4) is 0 Å². The lowest BCUT2D eigenvalue weighted by molar-refractivity contribution is -0.126. The maximum atomic E-state index is 11.2. The summed E-state index contributed by atoms with van der Waals surface area (Å²) in [6, 6.07) is 0. The second-order valence-electron chi connectivity index (χ2n) is 3.31. The van der Waals surface area contributed by atoms with E-state index < -0.39 is 0 Å². The van der Waals surface area contributed by atoms with Crippen molar-refractivity contribution in [1.82, 2.24) is 5.32 Å². The number of hydrogen-bond donors (Lipinski definition) is 1. The quantitative estimate of drug-likeness (QED) is 0.625.